The molecule has 0 heterocycles. The van der Waals surface area contributed by atoms with Crippen LogP contribution in [0.1, 0.15) is 13.3 Å². The molecule has 10 heteroatoms. The van der Waals surface area contributed by atoms with E-state index in [0.29, 0.717) is 19.0 Å². The Morgan fingerprint density at radius 2 is 1.69 bits per heavy atom. The Morgan fingerprint density at radius 3 is 2.31 bits per heavy atom. The first-order valence-corrected chi connectivity index (χ1v) is 11.2. The van der Waals surface area contributed by atoms with Crippen molar-refractivity contribution in [3.63, 3.8) is 0 Å². The lowest BCUT2D eigenvalue weighted by Crippen LogP contribution is -2.37. The zero-order chi connectivity index (χ0) is 21.6. The molecule has 2 aromatic carbocycles. The summed E-state index contributed by atoms with van der Waals surface area (Å²) in [7, 11) is -3.55. The van der Waals surface area contributed by atoms with Crippen molar-refractivity contribution >= 4 is 37.4 Å². The van der Waals surface area contributed by atoms with Crippen LogP contribution in [0.2, 0.25) is 0 Å². The van der Waals surface area contributed by atoms with E-state index in [1.165, 1.54) is 12.1 Å². The number of sulfone groups is 1. The minimum Gasteiger partial charge on any atom is -0.322 e. The molecule has 0 radical (unpaired) electrons. The molecular formula is C19H20BrF3N2O3S. The van der Waals surface area contributed by atoms with Crippen molar-refractivity contribution < 1.29 is 26.4 Å². The van der Waals surface area contributed by atoms with E-state index in [9.17, 15) is 26.4 Å². The monoisotopic (exact) mass is 492 g/mol. The molecule has 0 aromatic heterocycles. The Balaban J connectivity index is 2.01. The van der Waals surface area contributed by atoms with Crippen LogP contribution < -0.4 is 5.32 Å². The topological polar surface area (TPSA) is 66.5 Å². The molecule has 0 spiro atoms. The summed E-state index contributed by atoms with van der Waals surface area (Å²) < 4.78 is 65.7. The van der Waals surface area contributed by atoms with Gasteiger partial charge < -0.3 is 5.32 Å². The van der Waals surface area contributed by atoms with Crippen LogP contribution in [-0.4, -0.2) is 44.6 Å². The Bertz CT molecular complexity index is 969. The van der Waals surface area contributed by atoms with Crippen molar-refractivity contribution in [3.05, 3.63) is 58.3 Å². The quantitative estimate of drug-likeness (QED) is 0.537. The van der Waals surface area contributed by atoms with Gasteiger partial charge in [-0.2, -0.15) is 0 Å². The van der Waals surface area contributed by atoms with E-state index in [1.807, 2.05) is 6.92 Å². The van der Waals surface area contributed by atoms with Crippen molar-refractivity contribution in [1.29, 1.82) is 0 Å². The Labute approximate surface area is 176 Å². The van der Waals surface area contributed by atoms with Gasteiger partial charge in [-0.3, -0.25) is 9.69 Å². The lowest BCUT2D eigenvalue weighted by molar-refractivity contribution is -0.117. The van der Waals surface area contributed by atoms with E-state index in [2.05, 4.69) is 21.2 Å². The fraction of sp³-hybridized carbons (Fsp3) is 0.316. The Kier molecular flexibility index (Phi) is 8.23. The number of hydrogen-bond acceptors (Lipinski definition) is 4. The number of anilines is 1. The third-order valence-electron chi connectivity index (χ3n) is 4.07. The fourth-order valence-corrected chi connectivity index (χ4v) is 4.16. The molecule has 2 rings (SSSR count). The molecule has 2 aromatic rings. The predicted octanol–water partition coefficient (Wildman–Crippen LogP) is 3.99. The SMILES string of the molecule is CCCN(CCS(=O)(=O)c1ccc(Br)cc1)CC(=O)Nc1ccc(F)c(F)c1F. The molecule has 0 saturated carbocycles. The predicted molar refractivity (Wildman–Crippen MR) is 108 cm³/mol. The molecule has 5 nitrogen and oxygen atoms in total. The van der Waals surface area contributed by atoms with Gasteiger partial charge in [0.1, 0.15) is 0 Å². The Hall–Kier alpha value is -1.91. The summed E-state index contributed by atoms with van der Waals surface area (Å²) in [5.74, 6) is -5.38. The van der Waals surface area contributed by atoms with E-state index in [-0.39, 0.29) is 23.7 Å². The number of carbonyl (C=O) groups excluding carboxylic acids is 1. The number of nitrogens with zero attached hydrogens (tertiary/aromatic N) is 1. The van der Waals surface area contributed by atoms with Crippen LogP contribution in [0.15, 0.2) is 45.8 Å². The standard InChI is InChI=1S/C19H20BrF3N2O3S/c1-2-9-25(10-11-29(27,28)14-5-3-13(20)4-6-14)12-17(26)24-16-8-7-15(21)18(22)19(16)23/h3-8H,2,9-12H2,1H3,(H,24,26). The van der Waals surface area contributed by atoms with Gasteiger partial charge in [-0.05, 0) is 49.4 Å². The van der Waals surface area contributed by atoms with Crippen LogP contribution in [-0.2, 0) is 14.6 Å². The highest BCUT2D eigenvalue weighted by Crippen LogP contribution is 2.20. The molecule has 0 aliphatic rings. The summed E-state index contributed by atoms with van der Waals surface area (Å²) >= 11 is 3.24. The summed E-state index contributed by atoms with van der Waals surface area (Å²) in [6.45, 7) is 2.16. The zero-order valence-electron chi connectivity index (χ0n) is 15.6. The van der Waals surface area contributed by atoms with Gasteiger partial charge in [0.2, 0.25) is 5.91 Å². The number of hydrogen-bond donors (Lipinski definition) is 1. The van der Waals surface area contributed by atoms with Gasteiger partial charge in [-0.25, -0.2) is 21.6 Å². The maximum Gasteiger partial charge on any atom is 0.238 e. The second-order valence-corrected chi connectivity index (χ2v) is 9.34. The van der Waals surface area contributed by atoms with Crippen LogP contribution in [0.4, 0.5) is 18.9 Å². The first-order chi connectivity index (χ1) is 13.6. The average Bonchev–Trinajstić information content (AvgIpc) is 2.67. The number of amides is 1. The second-order valence-electron chi connectivity index (χ2n) is 6.32. The highest BCUT2D eigenvalue weighted by molar-refractivity contribution is 9.10. The fourth-order valence-electron chi connectivity index (χ4n) is 2.61. The normalized spacial score (nSPS) is 11.7. The Morgan fingerprint density at radius 1 is 1.03 bits per heavy atom. The first-order valence-electron chi connectivity index (χ1n) is 8.78. The molecule has 0 fully saturated rings. The summed E-state index contributed by atoms with van der Waals surface area (Å²) in [5.41, 5.74) is -0.479. The highest BCUT2D eigenvalue weighted by Gasteiger charge is 2.19. The van der Waals surface area contributed by atoms with Crippen molar-refractivity contribution in [2.45, 2.75) is 18.2 Å². The molecule has 0 bridgehead atoms. The van der Waals surface area contributed by atoms with Crippen LogP contribution in [0.3, 0.4) is 0 Å². The molecule has 1 amide bonds. The largest absolute Gasteiger partial charge is 0.322 e. The van der Waals surface area contributed by atoms with Crippen molar-refractivity contribution in [3.8, 4) is 0 Å². The van der Waals surface area contributed by atoms with E-state index >= 15 is 0 Å². The van der Waals surface area contributed by atoms with Crippen LogP contribution in [0.5, 0.6) is 0 Å². The van der Waals surface area contributed by atoms with Crippen LogP contribution in [0, 0.1) is 17.5 Å². The second kappa shape index (κ2) is 10.2. The minimum atomic E-state index is -3.55. The van der Waals surface area contributed by atoms with Crippen LogP contribution in [0.25, 0.3) is 0 Å². The van der Waals surface area contributed by atoms with Crippen molar-refractivity contribution in [2.24, 2.45) is 0 Å². The summed E-state index contributed by atoms with van der Waals surface area (Å²) in [5, 5.41) is 2.19. The molecule has 158 valence electrons. The third-order valence-corrected chi connectivity index (χ3v) is 6.30. The lowest BCUT2D eigenvalue weighted by Gasteiger charge is -2.21. The summed E-state index contributed by atoms with van der Waals surface area (Å²) in [4.78, 5) is 14.0. The van der Waals surface area contributed by atoms with Gasteiger partial charge in [0.05, 0.1) is 22.9 Å². The average molecular weight is 493 g/mol. The number of rotatable bonds is 9. The molecular weight excluding hydrogens is 473 g/mol. The smallest absolute Gasteiger partial charge is 0.238 e. The third kappa shape index (κ3) is 6.55. The molecule has 0 unspecified atom stereocenters. The molecule has 0 saturated heterocycles. The minimum absolute atomic E-state index is 0.0833. The van der Waals surface area contributed by atoms with E-state index in [1.54, 1.807) is 17.0 Å². The maximum atomic E-state index is 13.7. The number of halogens is 4. The van der Waals surface area contributed by atoms with Gasteiger partial charge >= 0.3 is 0 Å². The lowest BCUT2D eigenvalue weighted by atomic mass is 10.2. The summed E-state index contributed by atoms with van der Waals surface area (Å²) in [6, 6.07) is 7.86. The van der Waals surface area contributed by atoms with E-state index in [4.69, 9.17) is 0 Å². The van der Waals surface area contributed by atoms with Gasteiger partial charge in [0, 0.05) is 11.0 Å². The number of benzene rings is 2. The molecule has 0 aliphatic carbocycles. The van der Waals surface area contributed by atoms with Gasteiger partial charge in [0.15, 0.2) is 27.3 Å². The molecule has 0 aliphatic heterocycles. The first kappa shape index (κ1) is 23.4. The van der Waals surface area contributed by atoms with E-state index in [0.717, 1.165) is 10.5 Å². The maximum absolute atomic E-state index is 13.7. The number of nitrogens with one attached hydrogen (secondary N) is 1. The van der Waals surface area contributed by atoms with Crippen molar-refractivity contribution in [2.75, 3.05) is 30.7 Å². The molecule has 0 atom stereocenters. The van der Waals surface area contributed by atoms with Gasteiger partial charge in [0.25, 0.3) is 0 Å². The van der Waals surface area contributed by atoms with Gasteiger partial charge in [-0.15, -0.1) is 0 Å². The summed E-state index contributed by atoms with van der Waals surface area (Å²) in [6.07, 6.45) is 0.658. The van der Waals surface area contributed by atoms with E-state index < -0.39 is 38.9 Å². The molecule has 1 N–H and O–H groups in total. The highest BCUT2D eigenvalue weighted by atomic mass is 79.9. The van der Waals surface area contributed by atoms with Crippen LogP contribution >= 0.6 is 15.9 Å². The van der Waals surface area contributed by atoms with Crippen molar-refractivity contribution in [1.82, 2.24) is 4.90 Å². The molecule has 29 heavy (non-hydrogen) atoms. The number of carbonyl (C=O) groups is 1. The zero-order valence-corrected chi connectivity index (χ0v) is 18.0. The van der Waals surface area contributed by atoms with Gasteiger partial charge in [-0.1, -0.05) is 22.9 Å².